The second-order valence-electron chi connectivity index (χ2n) is 7.21. The lowest BCUT2D eigenvalue weighted by Crippen LogP contribution is -2.20. The van der Waals surface area contributed by atoms with Crippen molar-refractivity contribution in [1.29, 1.82) is 0 Å². The number of imidazole rings is 1. The molecule has 4 aromatic rings. The van der Waals surface area contributed by atoms with Gasteiger partial charge in [-0.25, -0.2) is 13.9 Å². The molecule has 1 aliphatic carbocycles. The van der Waals surface area contributed by atoms with Crippen LogP contribution in [0.1, 0.15) is 24.0 Å². The zero-order valence-corrected chi connectivity index (χ0v) is 15.4. The Labute approximate surface area is 165 Å². The summed E-state index contributed by atoms with van der Waals surface area (Å²) in [5.74, 6) is 0.253. The minimum Gasteiger partial charge on any atom is -0.508 e. The molecule has 0 atom stereocenters. The van der Waals surface area contributed by atoms with Crippen LogP contribution in [-0.2, 0) is 12.1 Å². The average molecular weight is 391 g/mol. The van der Waals surface area contributed by atoms with Gasteiger partial charge in [-0.05, 0) is 60.9 Å². The van der Waals surface area contributed by atoms with Crippen LogP contribution in [0.5, 0.6) is 5.75 Å². The van der Waals surface area contributed by atoms with Crippen molar-refractivity contribution >= 4 is 11.5 Å². The quantitative estimate of drug-likeness (QED) is 0.483. The van der Waals surface area contributed by atoms with Gasteiger partial charge in [-0.15, -0.1) is 5.10 Å². The highest BCUT2D eigenvalue weighted by atomic mass is 19.1. The number of anilines is 1. The number of hydrogen-bond donors (Lipinski definition) is 3. The molecule has 1 aromatic carbocycles. The monoisotopic (exact) mass is 391 g/mol. The van der Waals surface area contributed by atoms with Gasteiger partial charge in [-0.1, -0.05) is 0 Å². The molecule has 7 nitrogen and oxygen atoms in total. The van der Waals surface area contributed by atoms with Crippen LogP contribution >= 0.6 is 0 Å². The fourth-order valence-corrected chi connectivity index (χ4v) is 3.55. The van der Waals surface area contributed by atoms with Crippen LogP contribution in [0.15, 0.2) is 54.9 Å². The molecule has 146 valence electrons. The summed E-state index contributed by atoms with van der Waals surface area (Å²) in [6.07, 6.45) is 4.84. The fraction of sp³-hybridized carbons (Fsp3) is 0.190. The molecular formula is C21H18FN5O2. The van der Waals surface area contributed by atoms with E-state index in [1.165, 1.54) is 18.2 Å². The summed E-state index contributed by atoms with van der Waals surface area (Å²) in [5, 5.41) is 27.6. The lowest BCUT2D eigenvalue weighted by Gasteiger charge is -2.20. The molecule has 1 aliphatic rings. The van der Waals surface area contributed by atoms with E-state index in [4.69, 9.17) is 0 Å². The third-order valence-electron chi connectivity index (χ3n) is 5.22. The van der Waals surface area contributed by atoms with Crippen molar-refractivity contribution in [3.8, 4) is 17.1 Å². The minimum absolute atomic E-state index is 0.0609. The maximum absolute atomic E-state index is 13.7. The second kappa shape index (κ2) is 6.52. The van der Waals surface area contributed by atoms with Crippen LogP contribution in [0.25, 0.3) is 17.0 Å². The van der Waals surface area contributed by atoms with Gasteiger partial charge in [0.25, 0.3) is 0 Å². The minimum atomic E-state index is -0.539. The van der Waals surface area contributed by atoms with Crippen LogP contribution in [-0.4, -0.2) is 29.8 Å². The predicted octanol–water partition coefficient (Wildman–Crippen LogP) is 3.23. The Morgan fingerprint density at radius 1 is 1.10 bits per heavy atom. The maximum atomic E-state index is 13.7. The number of phenols is 1. The van der Waals surface area contributed by atoms with Crippen molar-refractivity contribution in [2.45, 2.75) is 25.0 Å². The largest absolute Gasteiger partial charge is 0.508 e. The van der Waals surface area contributed by atoms with Gasteiger partial charge < -0.3 is 15.5 Å². The number of aromatic nitrogens is 4. The summed E-state index contributed by atoms with van der Waals surface area (Å²) in [6, 6.07) is 11.1. The van der Waals surface area contributed by atoms with E-state index in [9.17, 15) is 14.6 Å². The molecule has 0 unspecified atom stereocenters. The Hall–Kier alpha value is -3.52. The number of rotatable bonds is 5. The van der Waals surface area contributed by atoms with E-state index in [0.29, 0.717) is 28.4 Å². The zero-order chi connectivity index (χ0) is 20.0. The van der Waals surface area contributed by atoms with Crippen LogP contribution < -0.4 is 5.32 Å². The number of aliphatic hydroxyl groups is 1. The second-order valence-corrected chi connectivity index (χ2v) is 7.21. The van der Waals surface area contributed by atoms with E-state index in [2.05, 4.69) is 20.4 Å². The Morgan fingerprint density at radius 3 is 2.76 bits per heavy atom. The van der Waals surface area contributed by atoms with Crippen LogP contribution in [0.2, 0.25) is 0 Å². The molecule has 0 amide bonds. The molecule has 5 rings (SSSR count). The highest BCUT2D eigenvalue weighted by Crippen LogP contribution is 2.51. The number of aromatic hydroxyl groups is 1. The maximum Gasteiger partial charge on any atom is 0.154 e. The van der Waals surface area contributed by atoms with Gasteiger partial charge in [0.15, 0.2) is 5.65 Å². The van der Waals surface area contributed by atoms with Crippen molar-refractivity contribution in [2.75, 3.05) is 5.32 Å². The van der Waals surface area contributed by atoms with Gasteiger partial charge >= 0.3 is 0 Å². The van der Waals surface area contributed by atoms with E-state index in [1.54, 1.807) is 35.1 Å². The Kier molecular flexibility index (Phi) is 3.95. The molecule has 0 aliphatic heterocycles. The first-order valence-corrected chi connectivity index (χ1v) is 9.26. The van der Waals surface area contributed by atoms with Gasteiger partial charge in [-0.3, -0.25) is 4.98 Å². The van der Waals surface area contributed by atoms with Crippen LogP contribution in [0.3, 0.4) is 0 Å². The molecule has 3 heterocycles. The Bertz CT molecular complexity index is 1220. The highest BCUT2D eigenvalue weighted by Gasteiger charge is 2.46. The molecule has 3 aromatic heterocycles. The fourth-order valence-electron chi connectivity index (χ4n) is 3.55. The lowest BCUT2D eigenvalue weighted by molar-refractivity contribution is 0.282. The predicted molar refractivity (Wildman–Crippen MR) is 105 cm³/mol. The number of nitrogens with zero attached hydrogens (tertiary/aromatic N) is 4. The number of aliphatic hydroxyl groups excluding tert-OH is 1. The number of fused-ring (bicyclic) bond motifs is 1. The summed E-state index contributed by atoms with van der Waals surface area (Å²) >= 11 is 0. The van der Waals surface area contributed by atoms with Gasteiger partial charge in [-0.2, -0.15) is 0 Å². The van der Waals surface area contributed by atoms with E-state index >= 15 is 0 Å². The normalized spacial score (nSPS) is 14.8. The van der Waals surface area contributed by atoms with Gasteiger partial charge in [0.05, 0.1) is 24.0 Å². The Balaban J connectivity index is 1.53. The van der Waals surface area contributed by atoms with Crippen LogP contribution in [0.4, 0.5) is 10.2 Å². The smallest absolute Gasteiger partial charge is 0.154 e. The lowest BCUT2D eigenvalue weighted by atomic mass is 10.0. The molecule has 0 spiro atoms. The highest BCUT2D eigenvalue weighted by molar-refractivity contribution is 5.61. The molecule has 8 heteroatoms. The summed E-state index contributed by atoms with van der Waals surface area (Å²) in [4.78, 5) is 8.73. The van der Waals surface area contributed by atoms with Crippen molar-refractivity contribution in [3.05, 3.63) is 71.8 Å². The van der Waals surface area contributed by atoms with Crippen molar-refractivity contribution in [1.82, 2.24) is 19.6 Å². The van der Waals surface area contributed by atoms with Crippen molar-refractivity contribution in [2.24, 2.45) is 0 Å². The third kappa shape index (κ3) is 3.07. The summed E-state index contributed by atoms with van der Waals surface area (Å²) < 4.78 is 15.4. The van der Waals surface area contributed by atoms with E-state index in [0.717, 1.165) is 18.4 Å². The SMILES string of the molecule is OCc1ccnc(-c2cnc3ccc(NC4(c5cc(F)ccc5O)CC4)nn23)c1. The Morgan fingerprint density at radius 2 is 1.97 bits per heavy atom. The number of phenolic OH excluding ortho intramolecular Hbond substituents is 1. The van der Waals surface area contributed by atoms with E-state index in [-0.39, 0.29) is 18.2 Å². The van der Waals surface area contributed by atoms with E-state index < -0.39 is 5.54 Å². The van der Waals surface area contributed by atoms with Crippen molar-refractivity contribution in [3.63, 3.8) is 0 Å². The first-order chi connectivity index (χ1) is 14.1. The van der Waals surface area contributed by atoms with Crippen LogP contribution in [0, 0.1) is 5.82 Å². The molecule has 0 radical (unpaired) electrons. The standard InChI is InChI=1S/C21H18FN5O2/c22-14-1-2-18(29)15(10-14)21(6-7-21)25-19-3-4-20-24-11-17(27(20)26-19)16-9-13(12-28)5-8-23-16/h1-5,8-11,28-29H,6-7,12H2,(H,25,26). The number of hydrogen-bond acceptors (Lipinski definition) is 6. The third-order valence-corrected chi connectivity index (χ3v) is 5.22. The molecule has 1 saturated carbocycles. The number of nitrogens with one attached hydrogen (secondary N) is 1. The topological polar surface area (TPSA) is 95.6 Å². The number of benzene rings is 1. The molecular weight excluding hydrogens is 373 g/mol. The molecule has 0 bridgehead atoms. The first-order valence-electron chi connectivity index (χ1n) is 9.26. The number of halogens is 1. The summed E-state index contributed by atoms with van der Waals surface area (Å²) in [5.41, 5.74) is 2.73. The van der Waals surface area contributed by atoms with E-state index in [1.807, 2.05) is 6.07 Å². The van der Waals surface area contributed by atoms with Gasteiger partial charge in [0, 0.05) is 11.8 Å². The van der Waals surface area contributed by atoms with Gasteiger partial charge in [0.1, 0.15) is 23.1 Å². The number of pyridine rings is 1. The average Bonchev–Trinajstić information content (AvgIpc) is 3.39. The van der Waals surface area contributed by atoms with Crippen molar-refractivity contribution < 1.29 is 14.6 Å². The summed E-state index contributed by atoms with van der Waals surface area (Å²) in [7, 11) is 0. The summed E-state index contributed by atoms with van der Waals surface area (Å²) in [6.45, 7) is -0.0772. The first kappa shape index (κ1) is 17.6. The molecule has 0 saturated heterocycles. The van der Waals surface area contributed by atoms with Gasteiger partial charge in [0.2, 0.25) is 0 Å². The molecule has 3 N–H and O–H groups in total. The zero-order valence-electron chi connectivity index (χ0n) is 15.4. The molecule has 1 fully saturated rings. The molecule has 29 heavy (non-hydrogen) atoms.